The predicted octanol–water partition coefficient (Wildman–Crippen LogP) is 3.55. The van der Waals surface area contributed by atoms with Crippen molar-refractivity contribution in [2.75, 3.05) is 23.9 Å². The highest BCUT2D eigenvalue weighted by Crippen LogP contribution is 2.37. The van der Waals surface area contributed by atoms with Crippen LogP contribution in [0.1, 0.15) is 19.3 Å². The molecule has 2 amide bonds. The van der Waals surface area contributed by atoms with Gasteiger partial charge in [-0.3, -0.25) is 14.6 Å². The number of ether oxygens (including phenoxy) is 1. The van der Waals surface area contributed by atoms with Gasteiger partial charge in [0, 0.05) is 17.5 Å². The standard InChI is InChI=1S/C21H21N3O3/c1-27-15-7-4-6-14(12-15)22-20(25)13-24-19-11-3-2-9-18(19)23-17-10-5-8-16(17)21(24)26/h2-4,6-7,9,11-12,16H,5,8,10,13H2,1H3,(H,22,25)/t16-/m1/s1. The molecular formula is C21H21N3O3. The highest BCUT2D eigenvalue weighted by Gasteiger charge is 2.37. The molecule has 0 saturated heterocycles. The Morgan fingerprint density at radius 1 is 1.26 bits per heavy atom. The van der Waals surface area contributed by atoms with Crippen LogP contribution in [0, 0.1) is 5.92 Å². The predicted molar refractivity (Wildman–Crippen MR) is 105 cm³/mol. The Labute approximate surface area is 157 Å². The van der Waals surface area contributed by atoms with Crippen LogP contribution in [0.5, 0.6) is 5.75 Å². The molecule has 0 bridgehead atoms. The number of carbonyl (C=O) groups excluding carboxylic acids is 2. The molecule has 6 nitrogen and oxygen atoms in total. The van der Waals surface area contributed by atoms with Gasteiger partial charge < -0.3 is 15.0 Å². The minimum Gasteiger partial charge on any atom is -0.497 e. The van der Waals surface area contributed by atoms with Gasteiger partial charge in [0.2, 0.25) is 11.8 Å². The van der Waals surface area contributed by atoms with Crippen LogP contribution in [0.3, 0.4) is 0 Å². The van der Waals surface area contributed by atoms with Crippen molar-refractivity contribution >= 4 is 34.6 Å². The number of anilines is 2. The van der Waals surface area contributed by atoms with E-state index in [1.807, 2.05) is 30.3 Å². The first-order valence-electron chi connectivity index (χ1n) is 9.07. The third kappa shape index (κ3) is 3.43. The number of fused-ring (bicyclic) bond motifs is 2. The Hall–Kier alpha value is -3.15. The van der Waals surface area contributed by atoms with Gasteiger partial charge in [-0.05, 0) is 43.5 Å². The van der Waals surface area contributed by atoms with E-state index in [0.29, 0.717) is 17.1 Å². The summed E-state index contributed by atoms with van der Waals surface area (Å²) >= 11 is 0. The van der Waals surface area contributed by atoms with Crippen molar-refractivity contribution in [3.8, 4) is 5.75 Å². The van der Waals surface area contributed by atoms with E-state index >= 15 is 0 Å². The number of rotatable bonds is 4. The molecule has 0 spiro atoms. The van der Waals surface area contributed by atoms with E-state index in [1.165, 1.54) is 0 Å². The summed E-state index contributed by atoms with van der Waals surface area (Å²) in [5, 5.41) is 2.85. The first-order chi connectivity index (χ1) is 13.2. The van der Waals surface area contributed by atoms with Crippen LogP contribution < -0.4 is 15.0 Å². The van der Waals surface area contributed by atoms with Crippen LogP contribution in [0.25, 0.3) is 0 Å². The molecule has 1 heterocycles. The van der Waals surface area contributed by atoms with Crippen LogP contribution in [-0.4, -0.2) is 31.2 Å². The Morgan fingerprint density at radius 3 is 2.96 bits per heavy atom. The van der Waals surface area contributed by atoms with Crippen molar-refractivity contribution in [3.05, 3.63) is 48.5 Å². The summed E-state index contributed by atoms with van der Waals surface area (Å²) in [6.45, 7) is -0.0492. The Kier molecular flexibility index (Phi) is 4.62. The van der Waals surface area contributed by atoms with E-state index in [2.05, 4.69) is 5.32 Å². The Bertz CT molecular complexity index is 922. The Morgan fingerprint density at radius 2 is 2.11 bits per heavy atom. The SMILES string of the molecule is COc1cccc(NC(=O)CN2C(=O)[C@@H]3CCCC3=Nc3ccccc32)c1. The lowest BCUT2D eigenvalue weighted by molar-refractivity contribution is -0.122. The minimum absolute atomic E-state index is 0.0445. The number of nitrogens with zero attached hydrogens (tertiary/aromatic N) is 2. The minimum atomic E-state index is -0.257. The van der Waals surface area contributed by atoms with Crippen molar-refractivity contribution in [3.63, 3.8) is 0 Å². The van der Waals surface area contributed by atoms with Crippen LogP contribution in [0.2, 0.25) is 0 Å². The number of methoxy groups -OCH3 is 1. The number of nitrogens with one attached hydrogen (secondary N) is 1. The zero-order chi connectivity index (χ0) is 18.8. The monoisotopic (exact) mass is 363 g/mol. The zero-order valence-corrected chi connectivity index (χ0v) is 15.1. The molecule has 4 rings (SSSR count). The van der Waals surface area contributed by atoms with Crippen molar-refractivity contribution in [1.29, 1.82) is 0 Å². The van der Waals surface area contributed by atoms with Crippen molar-refractivity contribution in [2.45, 2.75) is 19.3 Å². The molecule has 1 atom stereocenters. The summed E-state index contributed by atoms with van der Waals surface area (Å²) in [6.07, 6.45) is 2.59. The maximum atomic E-state index is 13.1. The van der Waals surface area contributed by atoms with E-state index < -0.39 is 0 Å². The normalized spacial score (nSPS) is 18.3. The number of benzene rings is 2. The average molecular weight is 363 g/mol. The lowest BCUT2D eigenvalue weighted by Gasteiger charge is -2.24. The van der Waals surface area contributed by atoms with Gasteiger partial charge in [0.05, 0.1) is 24.4 Å². The molecule has 27 heavy (non-hydrogen) atoms. The lowest BCUT2D eigenvalue weighted by Crippen LogP contribution is -2.41. The number of carbonyl (C=O) groups is 2. The molecular weight excluding hydrogens is 342 g/mol. The quantitative estimate of drug-likeness (QED) is 0.903. The smallest absolute Gasteiger partial charge is 0.244 e. The number of para-hydroxylation sites is 2. The molecule has 6 heteroatoms. The van der Waals surface area contributed by atoms with Gasteiger partial charge in [0.1, 0.15) is 12.3 Å². The fraction of sp³-hybridized carbons (Fsp3) is 0.286. The highest BCUT2D eigenvalue weighted by atomic mass is 16.5. The van der Waals surface area contributed by atoms with Gasteiger partial charge in [0.15, 0.2) is 0 Å². The summed E-state index contributed by atoms with van der Waals surface area (Å²) in [6, 6.07) is 14.6. The molecule has 1 aliphatic carbocycles. The molecule has 0 unspecified atom stereocenters. The second kappa shape index (κ2) is 7.23. The van der Waals surface area contributed by atoms with Crippen LogP contribution in [0.15, 0.2) is 53.5 Å². The van der Waals surface area contributed by atoms with E-state index in [9.17, 15) is 9.59 Å². The lowest BCUT2D eigenvalue weighted by atomic mass is 10.1. The number of aliphatic imine (C=N–C) groups is 1. The molecule has 138 valence electrons. The van der Waals surface area contributed by atoms with Crippen LogP contribution in [-0.2, 0) is 9.59 Å². The summed E-state index contributed by atoms with van der Waals surface area (Å²) in [4.78, 5) is 32.1. The number of hydrogen-bond donors (Lipinski definition) is 1. The molecule has 1 N–H and O–H groups in total. The molecule has 2 aliphatic rings. The van der Waals surface area contributed by atoms with Gasteiger partial charge in [-0.15, -0.1) is 0 Å². The summed E-state index contributed by atoms with van der Waals surface area (Å²) in [5.74, 6) is 0.139. The Balaban J connectivity index is 1.59. The number of amides is 2. The molecule has 2 aromatic carbocycles. The maximum absolute atomic E-state index is 13.1. The topological polar surface area (TPSA) is 71.0 Å². The molecule has 1 saturated carbocycles. The fourth-order valence-electron chi connectivity index (χ4n) is 3.68. The first-order valence-corrected chi connectivity index (χ1v) is 9.07. The molecule has 0 radical (unpaired) electrons. The van der Waals surface area contributed by atoms with Crippen molar-refractivity contribution in [1.82, 2.24) is 0 Å². The van der Waals surface area contributed by atoms with Gasteiger partial charge in [-0.1, -0.05) is 18.2 Å². The second-order valence-corrected chi connectivity index (χ2v) is 6.74. The average Bonchev–Trinajstić information content (AvgIpc) is 3.11. The molecule has 2 aromatic rings. The van der Waals surface area contributed by atoms with E-state index in [0.717, 1.165) is 30.7 Å². The maximum Gasteiger partial charge on any atom is 0.244 e. The van der Waals surface area contributed by atoms with E-state index in [1.54, 1.807) is 30.2 Å². The zero-order valence-electron chi connectivity index (χ0n) is 15.1. The largest absolute Gasteiger partial charge is 0.497 e. The summed E-state index contributed by atoms with van der Waals surface area (Å²) in [5.41, 5.74) is 3.00. The van der Waals surface area contributed by atoms with Crippen LogP contribution in [0.4, 0.5) is 17.1 Å². The van der Waals surface area contributed by atoms with Gasteiger partial charge >= 0.3 is 0 Å². The van der Waals surface area contributed by atoms with E-state index in [-0.39, 0.29) is 24.3 Å². The van der Waals surface area contributed by atoms with Crippen LogP contribution >= 0.6 is 0 Å². The summed E-state index contributed by atoms with van der Waals surface area (Å²) < 4.78 is 5.18. The molecule has 0 aromatic heterocycles. The highest BCUT2D eigenvalue weighted by molar-refractivity contribution is 6.16. The molecule has 1 aliphatic heterocycles. The van der Waals surface area contributed by atoms with Crippen molar-refractivity contribution < 1.29 is 14.3 Å². The van der Waals surface area contributed by atoms with E-state index in [4.69, 9.17) is 9.73 Å². The first kappa shape index (κ1) is 17.3. The summed E-state index contributed by atoms with van der Waals surface area (Å²) in [7, 11) is 1.58. The molecule has 1 fully saturated rings. The number of hydrogen-bond acceptors (Lipinski definition) is 4. The second-order valence-electron chi connectivity index (χ2n) is 6.74. The van der Waals surface area contributed by atoms with Crippen molar-refractivity contribution in [2.24, 2.45) is 10.9 Å². The fourth-order valence-corrected chi connectivity index (χ4v) is 3.68. The van der Waals surface area contributed by atoms with Gasteiger partial charge in [-0.25, -0.2) is 0 Å². The third-order valence-corrected chi connectivity index (χ3v) is 4.98. The van der Waals surface area contributed by atoms with Gasteiger partial charge in [0.25, 0.3) is 0 Å². The third-order valence-electron chi connectivity index (χ3n) is 4.98. The van der Waals surface area contributed by atoms with Gasteiger partial charge in [-0.2, -0.15) is 0 Å².